The van der Waals surface area contributed by atoms with Crippen molar-refractivity contribution in [2.45, 2.75) is 26.3 Å². The van der Waals surface area contributed by atoms with E-state index < -0.39 is 5.54 Å². The Kier molecular flexibility index (Phi) is 3.66. The van der Waals surface area contributed by atoms with Crippen LogP contribution in [-0.2, 0) is 0 Å². The van der Waals surface area contributed by atoms with Gasteiger partial charge < -0.3 is 21.3 Å². The van der Waals surface area contributed by atoms with Gasteiger partial charge in [-0.05, 0) is 20.8 Å². The number of rotatable bonds is 4. The maximum absolute atomic E-state index is 9.18. The second-order valence-electron chi connectivity index (χ2n) is 4.13. The molecular weight excluding hydrogens is 208 g/mol. The van der Waals surface area contributed by atoms with Crippen molar-refractivity contribution < 1.29 is 10.2 Å². The van der Waals surface area contributed by atoms with Crippen LogP contribution in [0.15, 0.2) is 0 Å². The number of nitrogens with zero attached hydrogens (tertiary/aromatic N) is 2. The molecule has 0 bridgehead atoms. The SMILES string of the molecule is Cc1nc(N)c(C)c(NC(C)(CO)CO)n1. The van der Waals surface area contributed by atoms with Crippen LogP contribution in [0.3, 0.4) is 0 Å². The number of aliphatic hydroxyl groups is 2. The van der Waals surface area contributed by atoms with Crippen molar-refractivity contribution in [2.24, 2.45) is 0 Å². The van der Waals surface area contributed by atoms with Gasteiger partial charge >= 0.3 is 0 Å². The lowest BCUT2D eigenvalue weighted by atomic mass is 10.1. The van der Waals surface area contributed by atoms with Crippen molar-refractivity contribution in [3.8, 4) is 0 Å². The molecule has 1 rings (SSSR count). The highest BCUT2D eigenvalue weighted by molar-refractivity contribution is 5.55. The van der Waals surface area contributed by atoms with Gasteiger partial charge in [-0.2, -0.15) is 0 Å². The summed E-state index contributed by atoms with van der Waals surface area (Å²) in [5.41, 5.74) is 5.59. The maximum atomic E-state index is 9.18. The zero-order valence-corrected chi connectivity index (χ0v) is 9.78. The van der Waals surface area contributed by atoms with Gasteiger partial charge in [0, 0.05) is 5.56 Å². The first kappa shape index (κ1) is 12.7. The molecule has 90 valence electrons. The van der Waals surface area contributed by atoms with Crippen molar-refractivity contribution >= 4 is 11.6 Å². The van der Waals surface area contributed by atoms with Crippen molar-refractivity contribution in [3.05, 3.63) is 11.4 Å². The minimum absolute atomic E-state index is 0.202. The summed E-state index contributed by atoms with van der Waals surface area (Å²) in [7, 11) is 0. The molecule has 0 aliphatic carbocycles. The van der Waals surface area contributed by atoms with Crippen LogP contribution in [-0.4, -0.2) is 38.9 Å². The molecular formula is C10H18N4O2. The van der Waals surface area contributed by atoms with Crippen LogP contribution in [0, 0.1) is 13.8 Å². The normalized spacial score (nSPS) is 11.6. The van der Waals surface area contributed by atoms with Gasteiger partial charge in [0.15, 0.2) is 0 Å². The molecule has 0 fully saturated rings. The molecule has 0 unspecified atom stereocenters. The zero-order valence-electron chi connectivity index (χ0n) is 9.78. The highest BCUT2D eigenvalue weighted by atomic mass is 16.3. The largest absolute Gasteiger partial charge is 0.394 e. The van der Waals surface area contributed by atoms with Crippen LogP contribution in [0.25, 0.3) is 0 Å². The highest BCUT2D eigenvalue weighted by Gasteiger charge is 2.23. The molecule has 6 heteroatoms. The molecule has 1 heterocycles. The lowest BCUT2D eigenvalue weighted by Crippen LogP contribution is -2.43. The van der Waals surface area contributed by atoms with Crippen molar-refractivity contribution in [3.63, 3.8) is 0 Å². The predicted octanol–water partition coefficient (Wildman–Crippen LogP) is -0.169. The van der Waals surface area contributed by atoms with E-state index >= 15 is 0 Å². The third-order valence-electron chi connectivity index (χ3n) is 2.41. The third-order valence-corrected chi connectivity index (χ3v) is 2.41. The van der Waals surface area contributed by atoms with E-state index in [4.69, 9.17) is 5.73 Å². The smallest absolute Gasteiger partial charge is 0.135 e. The molecule has 0 aliphatic rings. The topological polar surface area (TPSA) is 104 Å². The summed E-state index contributed by atoms with van der Waals surface area (Å²) in [5, 5.41) is 21.3. The Morgan fingerprint density at radius 1 is 1.25 bits per heavy atom. The molecule has 0 aliphatic heterocycles. The minimum Gasteiger partial charge on any atom is -0.394 e. The quantitative estimate of drug-likeness (QED) is 0.568. The lowest BCUT2D eigenvalue weighted by molar-refractivity contribution is 0.147. The maximum Gasteiger partial charge on any atom is 0.135 e. The first-order valence-electron chi connectivity index (χ1n) is 5.02. The standard InChI is InChI=1S/C10H18N4O2/c1-6-8(11)12-7(2)13-9(6)14-10(3,4-15)5-16/h15-16H,4-5H2,1-3H3,(H3,11,12,13,14). The Morgan fingerprint density at radius 2 is 1.81 bits per heavy atom. The van der Waals surface area contributed by atoms with E-state index in [9.17, 15) is 10.2 Å². The molecule has 0 spiro atoms. The number of aromatic nitrogens is 2. The van der Waals surface area contributed by atoms with Crippen LogP contribution in [0.5, 0.6) is 0 Å². The molecule has 1 aromatic heterocycles. The van der Waals surface area contributed by atoms with E-state index in [1.54, 1.807) is 20.8 Å². The molecule has 5 N–H and O–H groups in total. The number of hydrogen-bond acceptors (Lipinski definition) is 6. The molecule has 16 heavy (non-hydrogen) atoms. The van der Waals surface area contributed by atoms with E-state index in [1.807, 2.05) is 0 Å². The van der Waals surface area contributed by atoms with Crippen LogP contribution in [0.4, 0.5) is 11.6 Å². The summed E-state index contributed by atoms with van der Waals surface area (Å²) in [4.78, 5) is 8.21. The predicted molar refractivity (Wildman–Crippen MR) is 62.1 cm³/mol. The van der Waals surface area contributed by atoms with Gasteiger partial charge in [0.2, 0.25) is 0 Å². The van der Waals surface area contributed by atoms with Crippen LogP contribution in [0.1, 0.15) is 18.3 Å². The molecule has 1 aromatic rings. The number of aryl methyl sites for hydroxylation is 1. The van der Waals surface area contributed by atoms with Crippen LogP contribution in [0.2, 0.25) is 0 Å². The first-order chi connectivity index (χ1) is 7.41. The van der Waals surface area contributed by atoms with E-state index in [0.29, 0.717) is 23.0 Å². The fourth-order valence-electron chi connectivity index (χ4n) is 1.19. The summed E-state index contributed by atoms with van der Waals surface area (Å²) in [5.74, 6) is 1.48. The molecule has 0 saturated carbocycles. The summed E-state index contributed by atoms with van der Waals surface area (Å²) in [6.07, 6.45) is 0. The number of aliphatic hydroxyl groups excluding tert-OH is 2. The van der Waals surface area contributed by atoms with E-state index in [0.717, 1.165) is 0 Å². The number of hydrogen-bond donors (Lipinski definition) is 4. The van der Waals surface area contributed by atoms with Gasteiger partial charge in [-0.1, -0.05) is 0 Å². The van der Waals surface area contributed by atoms with Gasteiger partial charge in [0.25, 0.3) is 0 Å². The first-order valence-corrected chi connectivity index (χ1v) is 5.02. The van der Waals surface area contributed by atoms with E-state index in [2.05, 4.69) is 15.3 Å². The van der Waals surface area contributed by atoms with Crippen LogP contribution >= 0.6 is 0 Å². The number of nitrogens with two attached hydrogens (primary N) is 1. The Hall–Kier alpha value is -1.40. The Balaban J connectivity index is 3.05. The molecule has 0 atom stereocenters. The second-order valence-corrected chi connectivity index (χ2v) is 4.13. The lowest BCUT2D eigenvalue weighted by Gasteiger charge is -2.27. The third kappa shape index (κ3) is 2.59. The van der Waals surface area contributed by atoms with Gasteiger partial charge in [-0.3, -0.25) is 0 Å². The average molecular weight is 226 g/mol. The molecule has 6 nitrogen and oxygen atoms in total. The molecule has 0 saturated heterocycles. The van der Waals surface area contributed by atoms with Gasteiger partial charge in [-0.15, -0.1) is 0 Å². The molecule has 0 aromatic carbocycles. The monoisotopic (exact) mass is 226 g/mol. The average Bonchev–Trinajstić information content (AvgIpc) is 2.25. The van der Waals surface area contributed by atoms with Crippen molar-refractivity contribution in [1.82, 2.24) is 9.97 Å². The summed E-state index contributed by atoms with van der Waals surface area (Å²) in [6.45, 7) is 4.81. The summed E-state index contributed by atoms with van der Waals surface area (Å²) >= 11 is 0. The Labute approximate surface area is 94.5 Å². The number of nitrogen functional groups attached to an aromatic ring is 1. The number of nitrogens with one attached hydrogen (secondary N) is 1. The highest BCUT2D eigenvalue weighted by Crippen LogP contribution is 2.20. The Morgan fingerprint density at radius 3 is 2.31 bits per heavy atom. The van der Waals surface area contributed by atoms with Gasteiger partial charge in [0.1, 0.15) is 17.5 Å². The van der Waals surface area contributed by atoms with Crippen molar-refractivity contribution in [2.75, 3.05) is 24.3 Å². The molecule has 0 amide bonds. The van der Waals surface area contributed by atoms with Gasteiger partial charge in [0.05, 0.1) is 18.8 Å². The summed E-state index contributed by atoms with van der Waals surface area (Å²) in [6, 6.07) is 0. The summed E-state index contributed by atoms with van der Waals surface area (Å²) < 4.78 is 0. The zero-order chi connectivity index (χ0) is 12.3. The van der Waals surface area contributed by atoms with Crippen LogP contribution < -0.4 is 11.1 Å². The Bertz CT molecular complexity index is 377. The van der Waals surface area contributed by atoms with Crippen molar-refractivity contribution in [1.29, 1.82) is 0 Å². The fraction of sp³-hybridized carbons (Fsp3) is 0.600. The minimum atomic E-state index is -0.821. The molecule has 0 radical (unpaired) electrons. The number of anilines is 2. The van der Waals surface area contributed by atoms with Gasteiger partial charge in [-0.25, -0.2) is 9.97 Å². The van der Waals surface area contributed by atoms with E-state index in [1.165, 1.54) is 0 Å². The van der Waals surface area contributed by atoms with E-state index in [-0.39, 0.29) is 13.2 Å². The second kappa shape index (κ2) is 4.63. The fourth-order valence-corrected chi connectivity index (χ4v) is 1.19.